The van der Waals surface area contributed by atoms with Gasteiger partial charge in [-0.1, -0.05) is 12.1 Å². The third-order valence-electron chi connectivity index (χ3n) is 1.82. The van der Waals surface area contributed by atoms with Crippen LogP contribution in [0.3, 0.4) is 0 Å². The van der Waals surface area contributed by atoms with E-state index in [1.54, 1.807) is 19.1 Å². The molecule has 0 aromatic heterocycles. The van der Waals surface area contributed by atoms with Gasteiger partial charge in [0.1, 0.15) is 0 Å². The van der Waals surface area contributed by atoms with Gasteiger partial charge in [-0.2, -0.15) is 0 Å². The highest BCUT2D eigenvalue weighted by atomic mass is 16.6. The lowest BCUT2D eigenvalue weighted by Crippen LogP contribution is -1.98. The molecule has 0 aliphatic heterocycles. The van der Waals surface area contributed by atoms with Crippen LogP contribution < -0.4 is 0 Å². The van der Waals surface area contributed by atoms with E-state index in [9.17, 15) is 10.1 Å². The Bertz CT molecular complexity index is 323. The van der Waals surface area contributed by atoms with Crippen LogP contribution in [-0.2, 0) is 6.42 Å². The Balaban J connectivity index is 3.10. The molecule has 1 aromatic carbocycles. The van der Waals surface area contributed by atoms with E-state index >= 15 is 0 Å². The van der Waals surface area contributed by atoms with Crippen LogP contribution in [0.2, 0.25) is 0 Å². The highest BCUT2D eigenvalue weighted by Crippen LogP contribution is 2.20. The van der Waals surface area contributed by atoms with Crippen LogP contribution in [0.5, 0.6) is 0 Å². The van der Waals surface area contributed by atoms with Crippen LogP contribution in [0.25, 0.3) is 0 Å². The van der Waals surface area contributed by atoms with Crippen LogP contribution >= 0.6 is 0 Å². The molecule has 0 saturated carbocycles. The van der Waals surface area contributed by atoms with Gasteiger partial charge in [0.05, 0.1) is 4.92 Å². The van der Waals surface area contributed by atoms with E-state index in [-0.39, 0.29) is 12.3 Å². The van der Waals surface area contributed by atoms with Crippen molar-refractivity contribution >= 4 is 5.69 Å². The van der Waals surface area contributed by atoms with E-state index in [1.165, 1.54) is 6.07 Å². The minimum Gasteiger partial charge on any atom is -0.396 e. The quantitative estimate of drug-likeness (QED) is 0.566. The zero-order chi connectivity index (χ0) is 9.84. The molecule has 1 rings (SSSR count). The van der Waals surface area contributed by atoms with Crippen molar-refractivity contribution in [3.8, 4) is 0 Å². The fraction of sp³-hybridized carbons (Fsp3) is 0.333. The Hall–Kier alpha value is -1.42. The topological polar surface area (TPSA) is 63.4 Å². The van der Waals surface area contributed by atoms with Gasteiger partial charge in [0, 0.05) is 24.7 Å². The van der Waals surface area contributed by atoms with E-state index in [4.69, 9.17) is 5.11 Å². The fourth-order valence-electron chi connectivity index (χ4n) is 1.18. The molecule has 0 unspecified atom stereocenters. The number of aliphatic hydroxyl groups excluding tert-OH is 1. The minimum absolute atomic E-state index is 0.0656. The maximum Gasteiger partial charge on any atom is 0.272 e. The Morgan fingerprint density at radius 1 is 1.54 bits per heavy atom. The fourth-order valence-corrected chi connectivity index (χ4v) is 1.18. The molecule has 4 nitrogen and oxygen atoms in total. The Morgan fingerprint density at radius 3 is 2.77 bits per heavy atom. The van der Waals surface area contributed by atoms with E-state index in [1.807, 2.05) is 0 Å². The van der Waals surface area contributed by atoms with Gasteiger partial charge >= 0.3 is 0 Å². The molecule has 0 radical (unpaired) electrons. The maximum atomic E-state index is 10.6. The molecule has 1 N–H and O–H groups in total. The summed E-state index contributed by atoms with van der Waals surface area (Å²) < 4.78 is 0. The van der Waals surface area contributed by atoms with Crippen molar-refractivity contribution in [1.29, 1.82) is 0 Å². The van der Waals surface area contributed by atoms with Crippen molar-refractivity contribution in [2.45, 2.75) is 13.3 Å². The molecular weight excluding hydrogens is 170 g/mol. The number of benzene rings is 1. The standard InChI is InChI=1S/C9H11NO3/c1-7-2-3-8(4-5-11)9(6-7)10(12)13/h2-3,6,11H,4-5H2,1H3. The Labute approximate surface area is 76.0 Å². The van der Waals surface area contributed by atoms with Crippen molar-refractivity contribution in [3.63, 3.8) is 0 Å². The summed E-state index contributed by atoms with van der Waals surface area (Å²) in [6, 6.07) is 5.01. The van der Waals surface area contributed by atoms with Gasteiger partial charge in [-0.15, -0.1) is 0 Å². The van der Waals surface area contributed by atoms with Gasteiger partial charge < -0.3 is 5.11 Å². The zero-order valence-corrected chi connectivity index (χ0v) is 7.36. The molecule has 0 heterocycles. The molecule has 0 spiro atoms. The molecule has 0 atom stereocenters. The van der Waals surface area contributed by atoms with Gasteiger partial charge in [-0.3, -0.25) is 10.1 Å². The SMILES string of the molecule is Cc1ccc(CCO)c([N+](=O)[O-])c1. The first kappa shape index (κ1) is 9.67. The summed E-state index contributed by atoms with van der Waals surface area (Å²) in [6.45, 7) is 1.74. The average Bonchev–Trinajstić information content (AvgIpc) is 2.08. The van der Waals surface area contributed by atoms with Crippen molar-refractivity contribution < 1.29 is 10.0 Å². The minimum atomic E-state index is -0.419. The first-order valence-corrected chi connectivity index (χ1v) is 4.00. The molecule has 0 bridgehead atoms. The lowest BCUT2D eigenvalue weighted by atomic mass is 10.1. The van der Waals surface area contributed by atoms with Crippen LogP contribution in [0.4, 0.5) is 5.69 Å². The van der Waals surface area contributed by atoms with E-state index < -0.39 is 4.92 Å². The number of aryl methyl sites for hydroxylation is 1. The van der Waals surface area contributed by atoms with Gasteiger partial charge in [0.25, 0.3) is 5.69 Å². The lowest BCUT2D eigenvalue weighted by Gasteiger charge is -2.01. The maximum absolute atomic E-state index is 10.6. The number of nitro groups is 1. The summed E-state index contributed by atoms with van der Waals surface area (Å²) in [5.74, 6) is 0. The zero-order valence-electron chi connectivity index (χ0n) is 7.36. The molecule has 13 heavy (non-hydrogen) atoms. The number of hydrogen-bond acceptors (Lipinski definition) is 3. The van der Waals surface area contributed by atoms with Gasteiger partial charge in [-0.05, 0) is 12.5 Å². The highest BCUT2D eigenvalue weighted by molar-refractivity contribution is 5.43. The Morgan fingerprint density at radius 2 is 2.23 bits per heavy atom. The third-order valence-corrected chi connectivity index (χ3v) is 1.82. The summed E-state index contributed by atoms with van der Waals surface area (Å²) in [7, 11) is 0. The van der Waals surface area contributed by atoms with E-state index in [2.05, 4.69) is 0 Å². The smallest absolute Gasteiger partial charge is 0.272 e. The van der Waals surface area contributed by atoms with Crippen molar-refractivity contribution in [2.24, 2.45) is 0 Å². The van der Waals surface area contributed by atoms with E-state index in [0.717, 1.165) is 5.56 Å². The third kappa shape index (κ3) is 2.26. The lowest BCUT2D eigenvalue weighted by molar-refractivity contribution is -0.385. The second kappa shape index (κ2) is 4.00. The molecule has 1 aromatic rings. The van der Waals surface area contributed by atoms with Crippen molar-refractivity contribution in [2.75, 3.05) is 6.61 Å². The van der Waals surface area contributed by atoms with Gasteiger partial charge in [0.2, 0.25) is 0 Å². The Kier molecular flexibility index (Phi) is 2.97. The highest BCUT2D eigenvalue weighted by Gasteiger charge is 2.12. The molecule has 0 aliphatic carbocycles. The number of rotatable bonds is 3. The summed E-state index contributed by atoms with van der Waals surface area (Å²) >= 11 is 0. The monoisotopic (exact) mass is 181 g/mol. The summed E-state index contributed by atoms with van der Waals surface area (Å²) in [4.78, 5) is 10.2. The summed E-state index contributed by atoms with van der Waals surface area (Å²) in [5, 5.41) is 19.2. The normalized spacial score (nSPS) is 10.0. The predicted molar refractivity (Wildman–Crippen MR) is 48.6 cm³/mol. The summed E-state index contributed by atoms with van der Waals surface area (Å²) in [5.41, 5.74) is 1.53. The van der Waals surface area contributed by atoms with Crippen LogP contribution in [0.15, 0.2) is 18.2 Å². The number of nitro benzene ring substituents is 1. The van der Waals surface area contributed by atoms with Crippen molar-refractivity contribution in [3.05, 3.63) is 39.4 Å². The van der Waals surface area contributed by atoms with Gasteiger partial charge in [-0.25, -0.2) is 0 Å². The molecule has 0 amide bonds. The van der Waals surface area contributed by atoms with E-state index in [0.29, 0.717) is 12.0 Å². The average molecular weight is 181 g/mol. The number of aliphatic hydroxyl groups is 1. The van der Waals surface area contributed by atoms with Gasteiger partial charge in [0.15, 0.2) is 0 Å². The second-order valence-corrected chi connectivity index (χ2v) is 2.86. The molecule has 70 valence electrons. The molecule has 0 fully saturated rings. The second-order valence-electron chi connectivity index (χ2n) is 2.86. The molecular formula is C9H11NO3. The molecule has 0 saturated heterocycles. The number of hydrogen-bond donors (Lipinski definition) is 1. The largest absolute Gasteiger partial charge is 0.396 e. The summed E-state index contributed by atoms with van der Waals surface area (Å²) in [6.07, 6.45) is 0.330. The van der Waals surface area contributed by atoms with Crippen LogP contribution in [-0.4, -0.2) is 16.6 Å². The first-order chi connectivity index (χ1) is 6.15. The molecule has 4 heteroatoms. The molecule has 0 aliphatic rings. The van der Waals surface area contributed by atoms with Crippen LogP contribution in [0, 0.1) is 17.0 Å². The predicted octanol–water partition coefficient (Wildman–Crippen LogP) is 1.44. The van der Waals surface area contributed by atoms with Crippen LogP contribution in [0.1, 0.15) is 11.1 Å². The number of nitrogens with zero attached hydrogens (tertiary/aromatic N) is 1. The van der Waals surface area contributed by atoms with Crippen molar-refractivity contribution in [1.82, 2.24) is 0 Å². The first-order valence-electron chi connectivity index (χ1n) is 4.00.